The molecule has 1 saturated carbocycles. The number of nitrogens with one attached hydrogen (secondary N) is 2. The van der Waals surface area contributed by atoms with Gasteiger partial charge in [0.15, 0.2) is 0 Å². The number of hydrogen-bond acceptors (Lipinski definition) is 3. The molecule has 1 aliphatic rings. The minimum Gasteiger partial charge on any atom is -0.447 e. The monoisotopic (exact) mass is 361 g/mol. The Balaban J connectivity index is 1.49. The van der Waals surface area contributed by atoms with Crippen molar-refractivity contribution in [2.75, 3.05) is 26.2 Å². The molecule has 142 valence electrons. The molecule has 1 fully saturated rings. The number of carbonyl (C=O) groups excluding carboxylic acids is 1. The molecule has 1 amide bonds. The van der Waals surface area contributed by atoms with Gasteiger partial charge in [0.1, 0.15) is 5.82 Å². The molecule has 0 spiro atoms. The fraction of sp³-hybridized carbons (Fsp3) is 0.550. The van der Waals surface area contributed by atoms with Gasteiger partial charge in [0.2, 0.25) is 0 Å². The van der Waals surface area contributed by atoms with Gasteiger partial charge in [-0.25, -0.2) is 9.18 Å². The lowest BCUT2D eigenvalue weighted by molar-refractivity contribution is 0.114. The van der Waals surface area contributed by atoms with E-state index in [1.807, 2.05) is 20.0 Å². The molecule has 1 aromatic heterocycles. The van der Waals surface area contributed by atoms with Crippen LogP contribution < -0.4 is 5.32 Å². The van der Waals surface area contributed by atoms with Crippen LogP contribution in [0.4, 0.5) is 9.18 Å². The molecule has 2 unspecified atom stereocenters. The van der Waals surface area contributed by atoms with E-state index in [-0.39, 0.29) is 18.0 Å². The van der Waals surface area contributed by atoms with E-state index in [2.05, 4.69) is 22.1 Å². The van der Waals surface area contributed by atoms with E-state index >= 15 is 0 Å². The summed E-state index contributed by atoms with van der Waals surface area (Å²) in [5.41, 5.74) is 2.21. The molecule has 6 heteroatoms. The van der Waals surface area contributed by atoms with Gasteiger partial charge in [-0.3, -0.25) is 0 Å². The number of ether oxygens (including phenoxy) is 1. The van der Waals surface area contributed by atoms with E-state index < -0.39 is 0 Å². The van der Waals surface area contributed by atoms with E-state index in [0.29, 0.717) is 18.4 Å². The summed E-state index contributed by atoms with van der Waals surface area (Å²) in [6, 6.07) is 4.91. The van der Waals surface area contributed by atoms with Crippen LogP contribution in [0.2, 0.25) is 0 Å². The van der Waals surface area contributed by atoms with Crippen LogP contribution in [0.5, 0.6) is 0 Å². The molecule has 2 atom stereocenters. The molecule has 0 saturated heterocycles. The summed E-state index contributed by atoms with van der Waals surface area (Å²) in [5, 5.41) is 3.79. The number of halogens is 1. The van der Waals surface area contributed by atoms with Crippen molar-refractivity contribution in [2.24, 2.45) is 5.92 Å². The normalized spacial score (nSPS) is 19.3. The Morgan fingerprint density at radius 1 is 1.46 bits per heavy atom. The number of carbonyl (C=O) groups is 1. The number of rotatable bonds is 8. The van der Waals surface area contributed by atoms with Crippen molar-refractivity contribution < 1.29 is 13.9 Å². The highest BCUT2D eigenvalue weighted by molar-refractivity contribution is 5.84. The summed E-state index contributed by atoms with van der Waals surface area (Å²) < 4.78 is 18.6. The molecule has 26 heavy (non-hydrogen) atoms. The average Bonchev–Trinajstić information content (AvgIpc) is 3.21. The smallest absolute Gasteiger partial charge is 0.407 e. The molecule has 3 rings (SSSR count). The Morgan fingerprint density at radius 2 is 2.27 bits per heavy atom. The van der Waals surface area contributed by atoms with Crippen LogP contribution in [-0.4, -0.2) is 48.3 Å². The lowest BCUT2D eigenvalue weighted by Gasteiger charge is -2.20. The van der Waals surface area contributed by atoms with Crippen LogP contribution >= 0.6 is 0 Å². The van der Waals surface area contributed by atoms with E-state index in [9.17, 15) is 9.18 Å². The van der Waals surface area contributed by atoms with Crippen LogP contribution in [0.25, 0.3) is 10.9 Å². The van der Waals surface area contributed by atoms with Gasteiger partial charge in [-0.05, 0) is 62.4 Å². The third-order valence-corrected chi connectivity index (χ3v) is 4.98. The van der Waals surface area contributed by atoms with Crippen molar-refractivity contribution in [1.29, 1.82) is 0 Å². The zero-order valence-electron chi connectivity index (χ0n) is 15.7. The zero-order valence-corrected chi connectivity index (χ0v) is 15.7. The number of amides is 1. The Morgan fingerprint density at radius 3 is 3.00 bits per heavy atom. The number of benzene rings is 1. The van der Waals surface area contributed by atoms with E-state index in [1.54, 1.807) is 12.1 Å². The van der Waals surface area contributed by atoms with Crippen molar-refractivity contribution in [3.63, 3.8) is 0 Å². The molecule has 1 aliphatic carbocycles. The van der Waals surface area contributed by atoms with Gasteiger partial charge in [0.25, 0.3) is 0 Å². The Kier molecular flexibility index (Phi) is 5.81. The summed E-state index contributed by atoms with van der Waals surface area (Å²) in [7, 11) is 0. The van der Waals surface area contributed by atoms with Gasteiger partial charge in [-0.2, -0.15) is 0 Å². The third kappa shape index (κ3) is 4.55. The van der Waals surface area contributed by atoms with E-state index in [1.165, 1.54) is 11.6 Å². The second-order valence-electron chi connectivity index (χ2n) is 7.31. The van der Waals surface area contributed by atoms with Gasteiger partial charge >= 0.3 is 6.09 Å². The molecule has 0 aliphatic heterocycles. The summed E-state index contributed by atoms with van der Waals surface area (Å²) in [6.07, 6.45) is 2.68. The number of fused-ring (bicyclic) bond motifs is 1. The Bertz CT molecular complexity index is 759. The van der Waals surface area contributed by atoms with Crippen molar-refractivity contribution >= 4 is 17.0 Å². The molecular weight excluding hydrogens is 333 g/mol. The largest absolute Gasteiger partial charge is 0.447 e. The molecule has 2 N–H and O–H groups in total. The SMILES string of the molecule is CCN(CCNC(=O)OC(C)C)CC1CC1c1c[nH]c2ccc(F)cc12. The number of aromatic amines is 1. The highest BCUT2D eigenvalue weighted by atomic mass is 19.1. The van der Waals surface area contributed by atoms with Gasteiger partial charge in [0, 0.05) is 36.7 Å². The summed E-state index contributed by atoms with van der Waals surface area (Å²) in [4.78, 5) is 17.1. The summed E-state index contributed by atoms with van der Waals surface area (Å²) in [5.74, 6) is 0.878. The van der Waals surface area contributed by atoms with E-state index in [4.69, 9.17) is 4.74 Å². The lowest BCUT2D eigenvalue weighted by atomic mass is 10.1. The molecule has 2 aromatic rings. The molecule has 1 aromatic carbocycles. The first-order valence-corrected chi connectivity index (χ1v) is 9.41. The first-order chi connectivity index (χ1) is 12.5. The first kappa shape index (κ1) is 18.7. The Labute approximate surface area is 153 Å². The van der Waals surface area contributed by atoms with Gasteiger partial charge in [-0.1, -0.05) is 6.92 Å². The van der Waals surface area contributed by atoms with Crippen molar-refractivity contribution in [1.82, 2.24) is 15.2 Å². The van der Waals surface area contributed by atoms with Crippen LogP contribution in [-0.2, 0) is 4.74 Å². The third-order valence-electron chi connectivity index (χ3n) is 4.98. The molecular formula is C20H28FN3O2. The number of nitrogens with zero attached hydrogens (tertiary/aromatic N) is 1. The minimum atomic E-state index is -0.360. The lowest BCUT2D eigenvalue weighted by Crippen LogP contribution is -2.36. The standard InChI is InChI=1S/C20H28FN3O2/c1-4-24(8-7-22-20(25)26-13(2)3)12-14-9-16(14)18-11-23-19-6-5-15(21)10-17(18)19/h5-6,10-11,13-14,16,23H,4,7-9,12H2,1-3H3,(H,22,25). The van der Waals surface area contributed by atoms with Crippen LogP contribution in [0.1, 0.15) is 38.7 Å². The highest BCUT2D eigenvalue weighted by Crippen LogP contribution is 2.49. The maximum Gasteiger partial charge on any atom is 0.407 e. The van der Waals surface area contributed by atoms with Crippen LogP contribution in [0.3, 0.4) is 0 Å². The Hall–Kier alpha value is -2.08. The second kappa shape index (κ2) is 8.08. The highest BCUT2D eigenvalue weighted by Gasteiger charge is 2.40. The summed E-state index contributed by atoms with van der Waals surface area (Å²) in [6.45, 7) is 9.11. The van der Waals surface area contributed by atoms with Crippen LogP contribution in [0, 0.1) is 11.7 Å². The topological polar surface area (TPSA) is 57.4 Å². The molecule has 0 bridgehead atoms. The molecule has 5 nitrogen and oxygen atoms in total. The molecule has 0 radical (unpaired) electrons. The number of aromatic nitrogens is 1. The number of H-pyrrole nitrogens is 1. The van der Waals surface area contributed by atoms with Crippen molar-refractivity contribution in [2.45, 2.75) is 39.2 Å². The van der Waals surface area contributed by atoms with Crippen molar-refractivity contribution in [3.8, 4) is 0 Å². The van der Waals surface area contributed by atoms with Gasteiger partial charge < -0.3 is 19.9 Å². The number of hydrogen-bond donors (Lipinski definition) is 2. The minimum absolute atomic E-state index is 0.106. The summed E-state index contributed by atoms with van der Waals surface area (Å²) >= 11 is 0. The van der Waals surface area contributed by atoms with Crippen LogP contribution in [0.15, 0.2) is 24.4 Å². The maximum absolute atomic E-state index is 13.6. The van der Waals surface area contributed by atoms with E-state index in [0.717, 1.165) is 37.0 Å². The predicted octanol–water partition coefficient (Wildman–Crippen LogP) is 3.87. The van der Waals surface area contributed by atoms with Gasteiger partial charge in [-0.15, -0.1) is 0 Å². The maximum atomic E-state index is 13.6. The fourth-order valence-corrected chi connectivity index (χ4v) is 3.53. The fourth-order valence-electron chi connectivity index (χ4n) is 3.53. The quantitative estimate of drug-likeness (QED) is 0.750. The zero-order chi connectivity index (χ0) is 18.7. The first-order valence-electron chi connectivity index (χ1n) is 9.41. The van der Waals surface area contributed by atoms with Gasteiger partial charge in [0.05, 0.1) is 6.10 Å². The second-order valence-corrected chi connectivity index (χ2v) is 7.31. The number of likely N-dealkylation sites (N-methyl/N-ethyl adjacent to an activating group) is 1. The average molecular weight is 361 g/mol. The molecule has 1 heterocycles. The number of alkyl carbamates (subject to hydrolysis) is 1. The predicted molar refractivity (Wildman–Crippen MR) is 101 cm³/mol. The van der Waals surface area contributed by atoms with Crippen molar-refractivity contribution in [3.05, 3.63) is 35.8 Å².